The summed E-state index contributed by atoms with van der Waals surface area (Å²) in [6, 6.07) is 13.7. The Bertz CT molecular complexity index is 1520. The Hall–Kier alpha value is -3.96. The maximum Gasteiger partial charge on any atom is 0.335 e. The van der Waals surface area contributed by atoms with Crippen molar-refractivity contribution < 1.29 is 33.8 Å². The van der Waals surface area contributed by atoms with Crippen LogP contribution in [0.1, 0.15) is 34.0 Å². The highest BCUT2D eigenvalue weighted by Crippen LogP contribution is 2.38. The molecule has 3 aromatic rings. The number of imide groups is 2. The van der Waals surface area contributed by atoms with Crippen LogP contribution in [-0.4, -0.2) is 35.5 Å². The number of carboxylic acids is 1. The zero-order chi connectivity index (χ0) is 28.3. The molecule has 3 aromatic carbocycles. The molecular formula is C28H22Br2N2O7. The van der Waals surface area contributed by atoms with E-state index in [2.05, 4.69) is 37.2 Å². The highest BCUT2D eigenvalue weighted by molar-refractivity contribution is 9.10. The fourth-order valence-electron chi connectivity index (χ4n) is 3.80. The van der Waals surface area contributed by atoms with Gasteiger partial charge in [0.05, 0.1) is 22.3 Å². The van der Waals surface area contributed by atoms with Gasteiger partial charge in [-0.3, -0.25) is 14.9 Å². The lowest BCUT2D eigenvalue weighted by Crippen LogP contribution is -2.54. The lowest BCUT2D eigenvalue weighted by molar-refractivity contribution is -0.122. The van der Waals surface area contributed by atoms with Gasteiger partial charge < -0.3 is 14.6 Å². The van der Waals surface area contributed by atoms with Gasteiger partial charge in [0.2, 0.25) is 0 Å². The number of hydrogen-bond acceptors (Lipinski definition) is 6. The summed E-state index contributed by atoms with van der Waals surface area (Å²) >= 11 is 6.87. The highest BCUT2D eigenvalue weighted by Gasteiger charge is 2.37. The van der Waals surface area contributed by atoms with E-state index in [0.29, 0.717) is 33.8 Å². The molecule has 0 atom stereocenters. The lowest BCUT2D eigenvalue weighted by Gasteiger charge is -2.26. The van der Waals surface area contributed by atoms with E-state index >= 15 is 0 Å². The Labute approximate surface area is 240 Å². The molecule has 200 valence electrons. The number of ether oxygens (including phenoxy) is 2. The second kappa shape index (κ2) is 11.8. The molecule has 4 amide bonds. The van der Waals surface area contributed by atoms with Gasteiger partial charge >= 0.3 is 12.0 Å². The van der Waals surface area contributed by atoms with Crippen molar-refractivity contribution in [2.24, 2.45) is 0 Å². The van der Waals surface area contributed by atoms with Gasteiger partial charge in [-0.1, -0.05) is 28.1 Å². The van der Waals surface area contributed by atoms with Gasteiger partial charge in [0.1, 0.15) is 12.2 Å². The van der Waals surface area contributed by atoms with E-state index in [4.69, 9.17) is 14.6 Å². The largest absolute Gasteiger partial charge is 0.490 e. The molecule has 0 aliphatic carbocycles. The highest BCUT2D eigenvalue weighted by atomic mass is 79.9. The average Bonchev–Trinajstić information content (AvgIpc) is 2.88. The molecule has 0 aromatic heterocycles. The fraction of sp³-hybridized carbons (Fsp3) is 0.143. The molecule has 0 radical (unpaired) electrons. The smallest absolute Gasteiger partial charge is 0.335 e. The first-order chi connectivity index (χ1) is 18.6. The van der Waals surface area contributed by atoms with Crippen LogP contribution in [0.3, 0.4) is 0 Å². The summed E-state index contributed by atoms with van der Waals surface area (Å²) in [5.41, 5.74) is 2.30. The molecule has 0 saturated carbocycles. The van der Waals surface area contributed by atoms with Crippen LogP contribution >= 0.6 is 31.9 Å². The molecule has 1 saturated heterocycles. The Morgan fingerprint density at radius 1 is 1.00 bits per heavy atom. The van der Waals surface area contributed by atoms with Crippen molar-refractivity contribution in [3.63, 3.8) is 0 Å². The summed E-state index contributed by atoms with van der Waals surface area (Å²) in [6.45, 7) is 4.09. The summed E-state index contributed by atoms with van der Waals surface area (Å²) in [5.74, 6) is -1.83. The molecule has 0 unspecified atom stereocenters. The molecule has 4 rings (SSSR count). The SMILES string of the molecule is CCOc1cc(/C=C2\C(=O)NC(=O)N(c3ccc(Br)c(C)c3)C2=O)cc(Br)c1OCc1ccc(C(=O)O)cc1. The number of rotatable bonds is 8. The normalized spacial score (nSPS) is 14.4. The van der Waals surface area contributed by atoms with Crippen molar-refractivity contribution in [3.8, 4) is 11.5 Å². The predicted octanol–water partition coefficient (Wildman–Crippen LogP) is 5.86. The van der Waals surface area contributed by atoms with E-state index < -0.39 is 23.8 Å². The fourth-order valence-corrected chi connectivity index (χ4v) is 4.62. The Kier molecular flexibility index (Phi) is 8.51. The first kappa shape index (κ1) is 28.1. The molecule has 1 aliphatic rings. The maximum atomic E-state index is 13.3. The Morgan fingerprint density at radius 3 is 2.36 bits per heavy atom. The van der Waals surface area contributed by atoms with Crippen molar-refractivity contribution >= 4 is 67.4 Å². The van der Waals surface area contributed by atoms with Crippen molar-refractivity contribution in [2.45, 2.75) is 20.5 Å². The van der Waals surface area contributed by atoms with E-state index in [0.717, 1.165) is 20.5 Å². The van der Waals surface area contributed by atoms with Gasteiger partial charge in [-0.05, 0) is 95.0 Å². The third-order valence-electron chi connectivity index (χ3n) is 5.73. The number of halogens is 2. The minimum Gasteiger partial charge on any atom is -0.490 e. The van der Waals surface area contributed by atoms with Gasteiger partial charge in [0, 0.05) is 4.47 Å². The van der Waals surface area contributed by atoms with Crippen LogP contribution in [0.2, 0.25) is 0 Å². The van der Waals surface area contributed by atoms with E-state index in [-0.39, 0.29) is 17.7 Å². The molecule has 1 aliphatic heterocycles. The summed E-state index contributed by atoms with van der Waals surface area (Å²) in [7, 11) is 0. The molecule has 39 heavy (non-hydrogen) atoms. The zero-order valence-corrected chi connectivity index (χ0v) is 24.0. The molecule has 0 spiro atoms. The summed E-state index contributed by atoms with van der Waals surface area (Å²) in [4.78, 5) is 50.5. The first-order valence-corrected chi connectivity index (χ1v) is 13.3. The summed E-state index contributed by atoms with van der Waals surface area (Å²) in [6.07, 6.45) is 1.38. The number of benzene rings is 3. The van der Waals surface area contributed by atoms with Crippen molar-refractivity contribution in [1.82, 2.24) is 5.32 Å². The maximum absolute atomic E-state index is 13.3. The summed E-state index contributed by atoms with van der Waals surface area (Å²) < 4.78 is 13.0. The van der Waals surface area contributed by atoms with Crippen LogP contribution in [0.4, 0.5) is 10.5 Å². The first-order valence-electron chi connectivity index (χ1n) is 11.7. The van der Waals surface area contributed by atoms with E-state index in [1.807, 2.05) is 6.92 Å². The molecule has 1 fully saturated rings. The third kappa shape index (κ3) is 6.21. The number of barbiturate groups is 1. The number of carboxylic acid groups (broad SMARTS) is 1. The number of amides is 4. The number of carbonyl (C=O) groups is 4. The molecule has 11 heteroatoms. The Morgan fingerprint density at radius 2 is 1.72 bits per heavy atom. The van der Waals surface area contributed by atoms with Crippen molar-refractivity contribution in [2.75, 3.05) is 11.5 Å². The standard InChI is InChI=1S/C28H22Br2N2O7/c1-3-38-23-13-17(12-22(30)24(23)39-14-16-4-6-18(7-5-16)27(35)36)11-20-25(33)31-28(37)32(26(20)34)19-8-9-21(29)15(2)10-19/h4-13H,3,14H2,1-2H3,(H,35,36)(H,31,33,37)/b20-11+. The number of aromatic carboxylic acids is 1. The van der Waals surface area contributed by atoms with Crippen LogP contribution in [-0.2, 0) is 16.2 Å². The number of aryl methyl sites for hydroxylation is 1. The number of hydrogen-bond donors (Lipinski definition) is 2. The van der Waals surface area contributed by atoms with Gasteiger partial charge in [-0.2, -0.15) is 0 Å². The van der Waals surface area contributed by atoms with E-state index in [1.54, 1.807) is 49.4 Å². The second-order valence-corrected chi connectivity index (χ2v) is 10.2. The monoisotopic (exact) mass is 656 g/mol. The van der Waals surface area contributed by atoms with Crippen LogP contribution in [0.15, 0.2) is 69.1 Å². The van der Waals surface area contributed by atoms with E-state index in [9.17, 15) is 19.2 Å². The van der Waals surface area contributed by atoms with E-state index in [1.165, 1.54) is 18.2 Å². The molecule has 2 N–H and O–H groups in total. The van der Waals surface area contributed by atoms with Crippen molar-refractivity contribution in [1.29, 1.82) is 0 Å². The number of urea groups is 1. The molecule has 0 bridgehead atoms. The van der Waals surface area contributed by atoms with Crippen LogP contribution < -0.4 is 19.7 Å². The van der Waals surface area contributed by atoms with Crippen LogP contribution in [0.25, 0.3) is 6.08 Å². The second-order valence-electron chi connectivity index (χ2n) is 8.45. The lowest BCUT2D eigenvalue weighted by atomic mass is 10.1. The van der Waals surface area contributed by atoms with Crippen molar-refractivity contribution in [3.05, 3.63) is 91.4 Å². The number of carbonyl (C=O) groups excluding carboxylic acids is 3. The van der Waals surface area contributed by atoms with Crippen LogP contribution in [0.5, 0.6) is 11.5 Å². The number of nitrogens with one attached hydrogen (secondary N) is 1. The third-order valence-corrected chi connectivity index (χ3v) is 7.21. The molecule has 9 nitrogen and oxygen atoms in total. The van der Waals surface area contributed by atoms with Crippen LogP contribution in [0, 0.1) is 6.92 Å². The van der Waals surface area contributed by atoms with Gasteiger partial charge in [0.15, 0.2) is 11.5 Å². The zero-order valence-electron chi connectivity index (χ0n) is 20.8. The number of nitrogens with zero attached hydrogens (tertiary/aromatic N) is 1. The van der Waals surface area contributed by atoms with Gasteiger partial charge in [-0.25, -0.2) is 14.5 Å². The average molecular weight is 658 g/mol. The molecular weight excluding hydrogens is 636 g/mol. The number of anilines is 1. The minimum atomic E-state index is -1.02. The van der Waals surface area contributed by atoms with Gasteiger partial charge in [-0.15, -0.1) is 0 Å². The van der Waals surface area contributed by atoms with Gasteiger partial charge in [0.25, 0.3) is 11.8 Å². The topological polar surface area (TPSA) is 122 Å². The summed E-state index contributed by atoms with van der Waals surface area (Å²) in [5, 5.41) is 11.3. The predicted molar refractivity (Wildman–Crippen MR) is 151 cm³/mol. The Balaban J connectivity index is 1.63. The molecule has 1 heterocycles. The quantitative estimate of drug-likeness (QED) is 0.230. The minimum absolute atomic E-state index is 0.142.